The van der Waals surface area contributed by atoms with Crippen molar-refractivity contribution in [3.63, 3.8) is 0 Å². The molecule has 0 aromatic rings. The molecule has 0 aliphatic rings. The van der Waals surface area contributed by atoms with Crippen molar-refractivity contribution in [2.45, 2.75) is 55.9 Å². The van der Waals surface area contributed by atoms with Crippen LogP contribution in [0.2, 0.25) is 14.3 Å². The molecule has 11 heavy (non-hydrogen) atoms. The number of hydrogen-bond acceptors (Lipinski definition) is 0. The summed E-state index contributed by atoms with van der Waals surface area (Å²) in [6, 6.07) is 0. The van der Waals surface area contributed by atoms with Gasteiger partial charge in [-0.25, -0.2) is 0 Å². The van der Waals surface area contributed by atoms with Gasteiger partial charge in [-0.1, -0.05) is 55.9 Å². The summed E-state index contributed by atoms with van der Waals surface area (Å²) in [7, 11) is 0. The predicted octanol–water partition coefficient (Wildman–Crippen LogP) is 3.06. The van der Waals surface area contributed by atoms with Crippen molar-refractivity contribution >= 4 is 33.0 Å². The fourth-order valence-corrected chi connectivity index (χ4v) is 6.93. The van der Waals surface area contributed by atoms with E-state index in [0.717, 1.165) is 14.3 Å². The molecule has 0 radical (unpaired) electrons. The SMILES string of the molecule is C[CH](C)[Al]([CH](C)C)[CH](C)C.[LiH]. The van der Waals surface area contributed by atoms with Gasteiger partial charge in [0, 0.05) is 0 Å². The van der Waals surface area contributed by atoms with E-state index in [1.54, 1.807) is 0 Å². The van der Waals surface area contributed by atoms with Crippen LogP contribution in [0.4, 0.5) is 0 Å². The summed E-state index contributed by atoms with van der Waals surface area (Å²) in [5.41, 5.74) is 0. The first-order chi connectivity index (χ1) is 4.46. The predicted molar refractivity (Wildman–Crippen MR) is 58.2 cm³/mol. The fourth-order valence-electron chi connectivity index (χ4n) is 2.31. The monoisotopic (exact) mass is 164 g/mol. The van der Waals surface area contributed by atoms with Gasteiger partial charge in [-0.2, -0.15) is 0 Å². The minimum absolute atomic E-state index is 0. The quantitative estimate of drug-likeness (QED) is 0.562. The van der Waals surface area contributed by atoms with Gasteiger partial charge in [0.1, 0.15) is 0 Å². The molecule has 0 saturated heterocycles. The van der Waals surface area contributed by atoms with Crippen molar-refractivity contribution in [2.24, 2.45) is 0 Å². The summed E-state index contributed by atoms with van der Waals surface area (Å²) in [4.78, 5) is 0. The standard InChI is InChI=1S/3C3H7.Al.Li.H/c3*1-3-2;;;/h3*3H,1-2H3;;;. The molecule has 0 saturated carbocycles. The van der Waals surface area contributed by atoms with Crippen LogP contribution in [-0.2, 0) is 0 Å². The van der Waals surface area contributed by atoms with Gasteiger partial charge >= 0.3 is 18.9 Å². The molecule has 0 N–H and O–H groups in total. The summed E-state index contributed by atoms with van der Waals surface area (Å²) in [5, 5.41) is 0. The summed E-state index contributed by atoms with van der Waals surface area (Å²) >= 11 is -0.454. The number of rotatable bonds is 3. The molecule has 0 bridgehead atoms. The average molecular weight is 164 g/mol. The molecule has 0 nitrogen and oxygen atoms in total. The molecule has 0 atom stereocenters. The van der Waals surface area contributed by atoms with Crippen molar-refractivity contribution < 1.29 is 0 Å². The summed E-state index contributed by atoms with van der Waals surface area (Å²) in [6.07, 6.45) is 0. The third kappa shape index (κ3) is 5.38. The first-order valence-corrected chi connectivity index (χ1v) is 6.46. The summed E-state index contributed by atoms with van der Waals surface area (Å²) in [5.74, 6) is 0. The second kappa shape index (κ2) is 6.62. The molecular weight excluding hydrogens is 142 g/mol. The Kier molecular flexibility index (Phi) is 8.82. The zero-order valence-electron chi connectivity index (χ0n) is 8.31. The van der Waals surface area contributed by atoms with E-state index in [2.05, 4.69) is 41.5 Å². The van der Waals surface area contributed by atoms with E-state index in [-0.39, 0.29) is 18.9 Å². The van der Waals surface area contributed by atoms with Gasteiger partial charge in [-0.3, -0.25) is 0 Å². The van der Waals surface area contributed by atoms with Crippen LogP contribution < -0.4 is 0 Å². The van der Waals surface area contributed by atoms with E-state index in [1.165, 1.54) is 0 Å². The van der Waals surface area contributed by atoms with E-state index >= 15 is 0 Å². The summed E-state index contributed by atoms with van der Waals surface area (Å²) < 4.78 is 2.92. The van der Waals surface area contributed by atoms with Crippen LogP contribution in [0, 0.1) is 0 Å². The summed E-state index contributed by atoms with van der Waals surface area (Å²) in [6.45, 7) is 14.3. The average Bonchev–Trinajstić information content (AvgIpc) is 1.59. The van der Waals surface area contributed by atoms with E-state index < -0.39 is 14.1 Å². The van der Waals surface area contributed by atoms with Gasteiger partial charge in [0.05, 0.1) is 0 Å². The second-order valence-corrected chi connectivity index (χ2v) is 9.46. The molecule has 0 aromatic carbocycles. The molecule has 0 rings (SSSR count). The van der Waals surface area contributed by atoms with Gasteiger partial charge < -0.3 is 0 Å². The Bertz CT molecular complexity index is 70.5. The van der Waals surface area contributed by atoms with Crippen molar-refractivity contribution in [3.05, 3.63) is 0 Å². The Morgan fingerprint density at radius 3 is 0.818 bits per heavy atom. The van der Waals surface area contributed by atoms with Gasteiger partial charge in [0.25, 0.3) is 14.1 Å². The molecule has 0 spiro atoms. The fraction of sp³-hybridized carbons (Fsp3) is 1.00. The van der Waals surface area contributed by atoms with E-state index in [1.807, 2.05) is 0 Å². The third-order valence-corrected chi connectivity index (χ3v) is 6.93. The normalized spacial score (nSPS) is 10.6. The van der Waals surface area contributed by atoms with Crippen molar-refractivity contribution in [1.82, 2.24) is 0 Å². The van der Waals surface area contributed by atoms with Crippen LogP contribution in [0.5, 0.6) is 0 Å². The van der Waals surface area contributed by atoms with Gasteiger partial charge in [-0.05, 0) is 0 Å². The Hall–Kier alpha value is 1.13. The van der Waals surface area contributed by atoms with Crippen molar-refractivity contribution in [3.8, 4) is 0 Å². The van der Waals surface area contributed by atoms with E-state index in [0.29, 0.717) is 0 Å². The molecule has 0 amide bonds. The van der Waals surface area contributed by atoms with Crippen molar-refractivity contribution in [1.29, 1.82) is 0 Å². The van der Waals surface area contributed by atoms with Crippen LogP contribution >= 0.6 is 0 Å². The molecule has 2 heteroatoms. The minimum atomic E-state index is -0.454. The Morgan fingerprint density at radius 1 is 0.636 bits per heavy atom. The Morgan fingerprint density at radius 2 is 0.818 bits per heavy atom. The van der Waals surface area contributed by atoms with E-state index in [4.69, 9.17) is 0 Å². The van der Waals surface area contributed by atoms with Gasteiger partial charge in [0.2, 0.25) is 0 Å². The Labute approximate surface area is 88.7 Å². The van der Waals surface area contributed by atoms with Crippen LogP contribution in [0.3, 0.4) is 0 Å². The second-order valence-electron chi connectivity index (χ2n) is 4.31. The number of hydrogen-bond donors (Lipinski definition) is 0. The first kappa shape index (κ1) is 14.6. The molecule has 0 aliphatic heterocycles. The topological polar surface area (TPSA) is 0 Å². The van der Waals surface area contributed by atoms with E-state index in [9.17, 15) is 0 Å². The molecule has 0 unspecified atom stereocenters. The zero-order valence-corrected chi connectivity index (χ0v) is 9.46. The Balaban J connectivity index is 0. The molecule has 0 fully saturated rings. The van der Waals surface area contributed by atoms with Gasteiger partial charge in [0.15, 0.2) is 0 Å². The van der Waals surface area contributed by atoms with Crippen LogP contribution in [0.15, 0.2) is 0 Å². The zero-order chi connectivity index (χ0) is 8.31. The van der Waals surface area contributed by atoms with Crippen molar-refractivity contribution in [2.75, 3.05) is 0 Å². The maximum atomic E-state index is 2.39. The molecular formula is C9H22AlLi. The first-order valence-electron chi connectivity index (χ1n) is 4.46. The third-order valence-electron chi connectivity index (χ3n) is 2.31. The molecule has 0 heterocycles. The van der Waals surface area contributed by atoms with Crippen LogP contribution in [0.1, 0.15) is 41.5 Å². The molecule has 62 valence electrons. The van der Waals surface area contributed by atoms with Crippen LogP contribution in [-0.4, -0.2) is 33.0 Å². The molecule has 0 aliphatic carbocycles. The van der Waals surface area contributed by atoms with Crippen LogP contribution in [0.25, 0.3) is 0 Å². The van der Waals surface area contributed by atoms with Gasteiger partial charge in [-0.15, -0.1) is 0 Å². The molecule has 0 aromatic heterocycles. The maximum absolute atomic E-state index is 2.39.